The second-order valence-corrected chi connectivity index (χ2v) is 3.90. The molecule has 8 heteroatoms. The lowest BCUT2D eigenvalue weighted by molar-refractivity contribution is -0.142. The number of carboxylic acids is 2. The average Bonchev–Trinajstić information content (AvgIpc) is 2.14. The summed E-state index contributed by atoms with van der Waals surface area (Å²) < 4.78 is 49.6. The van der Waals surface area contributed by atoms with Crippen molar-refractivity contribution in [2.75, 3.05) is 0 Å². The van der Waals surface area contributed by atoms with Gasteiger partial charge in [-0.25, -0.2) is 18.4 Å². The maximum absolute atomic E-state index is 12.8. The van der Waals surface area contributed by atoms with Crippen LogP contribution in [0.4, 0.5) is 17.6 Å². The maximum Gasteiger partial charge on any atom is 0.332 e. The van der Waals surface area contributed by atoms with E-state index in [2.05, 4.69) is 0 Å². The molecule has 4 nitrogen and oxygen atoms in total. The van der Waals surface area contributed by atoms with Crippen molar-refractivity contribution >= 4 is 11.9 Å². The minimum absolute atomic E-state index is 0.803. The number of carbonyl (C=O) groups is 2. The van der Waals surface area contributed by atoms with E-state index in [0.717, 1.165) is 0 Å². The van der Waals surface area contributed by atoms with E-state index in [1.54, 1.807) is 0 Å². The van der Waals surface area contributed by atoms with E-state index in [-0.39, 0.29) is 0 Å². The van der Waals surface area contributed by atoms with Gasteiger partial charge in [0.25, 0.3) is 0 Å². The van der Waals surface area contributed by atoms with Crippen molar-refractivity contribution in [1.82, 2.24) is 0 Å². The van der Waals surface area contributed by atoms with E-state index in [9.17, 15) is 27.2 Å². The molecule has 0 atom stereocenters. The molecule has 2 N–H and O–H groups in total. The molecule has 0 radical (unpaired) electrons. The van der Waals surface area contributed by atoms with Gasteiger partial charge in [-0.1, -0.05) is 13.8 Å². The highest BCUT2D eigenvalue weighted by Gasteiger charge is 2.44. The lowest BCUT2D eigenvalue weighted by Gasteiger charge is -2.18. The van der Waals surface area contributed by atoms with Crippen LogP contribution in [-0.2, 0) is 9.59 Å². The zero-order valence-electron chi connectivity index (χ0n) is 9.58. The topological polar surface area (TPSA) is 74.6 Å². The molecule has 0 aliphatic carbocycles. The minimum atomic E-state index is -4.58. The van der Waals surface area contributed by atoms with E-state index >= 15 is 0 Å². The summed E-state index contributed by atoms with van der Waals surface area (Å²) in [5, 5.41) is 17.4. The summed E-state index contributed by atoms with van der Waals surface area (Å²) in [6.07, 6.45) is -5.88. The lowest BCUT2D eigenvalue weighted by atomic mass is 9.93. The van der Waals surface area contributed by atoms with Gasteiger partial charge in [-0.05, 0) is 5.92 Å². The molecule has 0 amide bonds. The number of hydrogen-bond acceptors (Lipinski definition) is 2. The Bertz CT molecular complexity index is 374. The first kappa shape index (κ1) is 16.4. The minimum Gasteiger partial charge on any atom is -0.478 e. The van der Waals surface area contributed by atoms with Crippen LogP contribution in [0.25, 0.3) is 0 Å². The van der Waals surface area contributed by atoms with Crippen molar-refractivity contribution in [2.24, 2.45) is 5.92 Å². The summed E-state index contributed by atoms with van der Waals surface area (Å²) in [5.41, 5.74) is -2.01. The summed E-state index contributed by atoms with van der Waals surface area (Å²) in [6.45, 7) is 2.54. The van der Waals surface area contributed by atoms with E-state index in [0.29, 0.717) is 0 Å². The van der Waals surface area contributed by atoms with Crippen LogP contribution < -0.4 is 0 Å². The first-order valence-electron chi connectivity index (χ1n) is 4.86. The summed E-state index contributed by atoms with van der Waals surface area (Å²) in [6, 6.07) is 0. The second-order valence-electron chi connectivity index (χ2n) is 3.90. The van der Waals surface area contributed by atoms with Crippen LogP contribution in [0.2, 0.25) is 0 Å². The zero-order chi connectivity index (χ0) is 14.7. The SMILES string of the molecule is CC(C)/C(C(=O)O)=C(/CC(F)(F)C(F)F)C(=O)O. The summed E-state index contributed by atoms with van der Waals surface area (Å²) in [5.74, 6) is -9.13. The number of carboxylic acid groups (broad SMARTS) is 2. The van der Waals surface area contributed by atoms with Crippen molar-refractivity contribution in [2.45, 2.75) is 32.6 Å². The van der Waals surface area contributed by atoms with Gasteiger partial charge in [-0.2, -0.15) is 8.78 Å². The highest BCUT2D eigenvalue weighted by Crippen LogP contribution is 2.32. The fourth-order valence-electron chi connectivity index (χ4n) is 1.32. The van der Waals surface area contributed by atoms with Gasteiger partial charge in [0.05, 0.1) is 17.6 Å². The normalized spacial score (nSPS) is 13.8. The number of halogens is 4. The predicted octanol–water partition coefficient (Wildman–Crippen LogP) is 2.40. The molecule has 0 saturated heterocycles. The predicted molar refractivity (Wildman–Crippen MR) is 52.7 cm³/mol. The van der Waals surface area contributed by atoms with Crippen LogP contribution in [0.3, 0.4) is 0 Å². The van der Waals surface area contributed by atoms with Gasteiger partial charge in [0.15, 0.2) is 0 Å². The molecule has 0 heterocycles. The van der Waals surface area contributed by atoms with Gasteiger partial charge in [0.1, 0.15) is 0 Å². The fourth-order valence-corrected chi connectivity index (χ4v) is 1.32. The molecule has 0 spiro atoms. The van der Waals surface area contributed by atoms with Gasteiger partial charge in [0, 0.05) is 0 Å². The summed E-state index contributed by atoms with van der Waals surface area (Å²) >= 11 is 0. The first-order chi connectivity index (χ1) is 8.00. The molecule has 0 unspecified atom stereocenters. The van der Waals surface area contributed by atoms with Crippen LogP contribution in [0, 0.1) is 5.92 Å². The zero-order valence-corrected chi connectivity index (χ0v) is 9.58. The Morgan fingerprint density at radius 1 is 1.11 bits per heavy atom. The third-order valence-corrected chi connectivity index (χ3v) is 2.12. The average molecular weight is 272 g/mol. The second kappa shape index (κ2) is 5.83. The number of hydrogen-bond donors (Lipinski definition) is 2. The number of alkyl halides is 4. The fraction of sp³-hybridized carbons (Fsp3) is 0.600. The highest BCUT2D eigenvalue weighted by molar-refractivity contribution is 5.99. The Kier molecular flexibility index (Phi) is 5.31. The van der Waals surface area contributed by atoms with E-state index in [1.165, 1.54) is 13.8 Å². The van der Waals surface area contributed by atoms with Crippen LogP contribution >= 0.6 is 0 Å². The Balaban J connectivity index is 5.64. The van der Waals surface area contributed by atoms with E-state index in [4.69, 9.17) is 10.2 Å². The van der Waals surface area contributed by atoms with Gasteiger partial charge < -0.3 is 10.2 Å². The van der Waals surface area contributed by atoms with Crippen molar-refractivity contribution < 1.29 is 37.4 Å². The lowest BCUT2D eigenvalue weighted by Crippen LogP contribution is -2.30. The van der Waals surface area contributed by atoms with Crippen molar-refractivity contribution in [3.05, 3.63) is 11.1 Å². The summed E-state index contributed by atoms with van der Waals surface area (Å²) in [7, 11) is 0. The third-order valence-electron chi connectivity index (χ3n) is 2.12. The highest BCUT2D eigenvalue weighted by atomic mass is 19.3. The van der Waals surface area contributed by atoms with Gasteiger partial charge in [0.2, 0.25) is 0 Å². The molecule has 0 aromatic rings. The Hall–Kier alpha value is -1.60. The van der Waals surface area contributed by atoms with Crippen LogP contribution in [0.15, 0.2) is 11.1 Å². The molecular weight excluding hydrogens is 260 g/mol. The largest absolute Gasteiger partial charge is 0.478 e. The van der Waals surface area contributed by atoms with Crippen molar-refractivity contribution in [1.29, 1.82) is 0 Å². The molecule has 104 valence electrons. The van der Waals surface area contributed by atoms with Crippen LogP contribution in [-0.4, -0.2) is 34.5 Å². The molecule has 0 aliphatic rings. The van der Waals surface area contributed by atoms with Gasteiger partial charge in [-0.3, -0.25) is 0 Å². The quantitative estimate of drug-likeness (QED) is 0.575. The standard InChI is InChI=1S/C10H12F4O4/c1-4(2)6(8(17)18)5(7(15)16)3-10(13,14)9(11)12/h4,9H,3H2,1-2H3,(H,15,16)(H,17,18)/b6-5+. The Morgan fingerprint density at radius 2 is 1.56 bits per heavy atom. The maximum atomic E-state index is 12.8. The summed E-state index contributed by atoms with van der Waals surface area (Å²) in [4.78, 5) is 21.5. The monoisotopic (exact) mass is 272 g/mol. The molecule has 0 aliphatic heterocycles. The molecule has 0 fully saturated rings. The van der Waals surface area contributed by atoms with Gasteiger partial charge >= 0.3 is 24.3 Å². The molecule has 0 aromatic heterocycles. The first-order valence-corrected chi connectivity index (χ1v) is 4.86. The van der Waals surface area contributed by atoms with Crippen LogP contribution in [0.5, 0.6) is 0 Å². The molecule has 0 bridgehead atoms. The van der Waals surface area contributed by atoms with Crippen molar-refractivity contribution in [3.63, 3.8) is 0 Å². The molecule has 18 heavy (non-hydrogen) atoms. The number of aliphatic carboxylic acids is 2. The van der Waals surface area contributed by atoms with Crippen molar-refractivity contribution in [3.8, 4) is 0 Å². The Morgan fingerprint density at radius 3 is 1.78 bits per heavy atom. The molecule has 0 aromatic carbocycles. The molecule has 0 saturated carbocycles. The smallest absolute Gasteiger partial charge is 0.332 e. The molecular formula is C10H12F4O4. The molecule has 0 rings (SSSR count). The van der Waals surface area contributed by atoms with Gasteiger partial charge in [-0.15, -0.1) is 0 Å². The van der Waals surface area contributed by atoms with Crippen LogP contribution in [0.1, 0.15) is 20.3 Å². The van der Waals surface area contributed by atoms with E-state index in [1.807, 2.05) is 0 Å². The number of rotatable bonds is 6. The van der Waals surface area contributed by atoms with E-state index < -0.39 is 47.8 Å². The Labute approximate surface area is 99.9 Å². The third kappa shape index (κ3) is 4.01.